The van der Waals surface area contributed by atoms with Gasteiger partial charge in [-0.2, -0.15) is 5.26 Å². The molecule has 130 valence electrons. The van der Waals surface area contributed by atoms with Gasteiger partial charge in [0, 0.05) is 19.7 Å². The topological polar surface area (TPSA) is 117 Å². The number of hydrogen-bond donors (Lipinski definition) is 1. The number of rotatable bonds is 6. The number of benzene rings is 1. The molecule has 0 fully saturated rings. The van der Waals surface area contributed by atoms with E-state index >= 15 is 0 Å². The highest BCUT2D eigenvalue weighted by atomic mass is 32.2. The Labute approximate surface area is 141 Å². The molecule has 1 rings (SSSR count). The first-order chi connectivity index (χ1) is 11.1. The lowest BCUT2D eigenvalue weighted by molar-refractivity contribution is -0.147. The van der Waals surface area contributed by atoms with Gasteiger partial charge in [-0.3, -0.25) is 4.79 Å². The number of sulfonamides is 1. The van der Waals surface area contributed by atoms with Gasteiger partial charge in [0.2, 0.25) is 10.0 Å². The van der Waals surface area contributed by atoms with Crippen LogP contribution in [0.2, 0.25) is 0 Å². The molecule has 1 amide bonds. The monoisotopic (exact) mass is 353 g/mol. The van der Waals surface area contributed by atoms with Gasteiger partial charge < -0.3 is 10.1 Å². The molecule has 1 aromatic carbocycles. The maximum Gasteiger partial charge on any atom is 0.329 e. The standard InChI is InChI=1S/C15H19N3O5S/c1-10(9-16)23-15(20)11(2)17-14(19)12-5-7-13(8-6-12)24(21,22)18(3)4/h5-8,10-11H,1-4H3,(H,17,19). The summed E-state index contributed by atoms with van der Waals surface area (Å²) in [6.07, 6.45) is -0.910. The molecule has 24 heavy (non-hydrogen) atoms. The summed E-state index contributed by atoms with van der Waals surface area (Å²) in [6.45, 7) is 2.84. The Balaban J connectivity index is 2.80. The molecule has 2 unspecified atom stereocenters. The van der Waals surface area contributed by atoms with Gasteiger partial charge in [-0.1, -0.05) is 0 Å². The number of carbonyl (C=O) groups excluding carboxylic acids is 2. The molecule has 0 aliphatic rings. The van der Waals surface area contributed by atoms with Crippen LogP contribution >= 0.6 is 0 Å². The second kappa shape index (κ2) is 7.90. The van der Waals surface area contributed by atoms with Gasteiger partial charge in [0.1, 0.15) is 12.1 Å². The van der Waals surface area contributed by atoms with Gasteiger partial charge in [-0.15, -0.1) is 0 Å². The molecule has 1 N–H and O–H groups in total. The van der Waals surface area contributed by atoms with Crippen LogP contribution in [0, 0.1) is 11.3 Å². The molecule has 0 aromatic heterocycles. The van der Waals surface area contributed by atoms with Gasteiger partial charge >= 0.3 is 5.97 Å². The van der Waals surface area contributed by atoms with Crippen molar-refractivity contribution in [2.45, 2.75) is 30.9 Å². The van der Waals surface area contributed by atoms with Crippen LogP contribution in [-0.2, 0) is 19.6 Å². The largest absolute Gasteiger partial charge is 0.446 e. The molecule has 0 spiro atoms. The van der Waals surface area contributed by atoms with Crippen LogP contribution in [0.3, 0.4) is 0 Å². The maximum atomic E-state index is 12.1. The lowest BCUT2D eigenvalue weighted by Crippen LogP contribution is -2.40. The van der Waals surface area contributed by atoms with E-state index in [2.05, 4.69) is 5.32 Å². The number of nitriles is 1. The van der Waals surface area contributed by atoms with E-state index in [1.807, 2.05) is 0 Å². The SMILES string of the molecule is CC(C#N)OC(=O)C(C)NC(=O)c1ccc(S(=O)(=O)N(C)C)cc1. The second-order valence-corrected chi connectivity index (χ2v) is 7.37. The van der Waals surface area contributed by atoms with Gasteiger partial charge in [-0.05, 0) is 38.1 Å². The zero-order chi connectivity index (χ0) is 18.5. The molecule has 0 heterocycles. The Bertz CT molecular complexity index is 750. The van der Waals surface area contributed by atoms with Gasteiger partial charge in [-0.25, -0.2) is 17.5 Å². The van der Waals surface area contributed by atoms with Crippen molar-refractivity contribution in [1.29, 1.82) is 5.26 Å². The van der Waals surface area contributed by atoms with Crippen molar-refractivity contribution in [3.05, 3.63) is 29.8 Å². The highest BCUT2D eigenvalue weighted by molar-refractivity contribution is 7.89. The van der Waals surface area contributed by atoms with E-state index in [0.29, 0.717) is 0 Å². The van der Waals surface area contributed by atoms with Gasteiger partial charge in [0.15, 0.2) is 6.10 Å². The Morgan fingerprint density at radius 1 is 1.21 bits per heavy atom. The summed E-state index contributed by atoms with van der Waals surface area (Å²) in [6, 6.07) is 6.12. The van der Waals surface area contributed by atoms with Crippen molar-refractivity contribution in [2.24, 2.45) is 0 Å². The Morgan fingerprint density at radius 3 is 2.21 bits per heavy atom. The average Bonchev–Trinajstić information content (AvgIpc) is 2.54. The maximum absolute atomic E-state index is 12.1. The van der Waals surface area contributed by atoms with Crippen molar-refractivity contribution in [3.8, 4) is 6.07 Å². The third-order valence-electron chi connectivity index (χ3n) is 3.07. The van der Waals surface area contributed by atoms with E-state index in [0.717, 1.165) is 4.31 Å². The lowest BCUT2D eigenvalue weighted by Gasteiger charge is -2.15. The predicted octanol–water partition coefficient (Wildman–Crippen LogP) is 0.510. The number of nitrogens with zero attached hydrogens (tertiary/aromatic N) is 2. The number of nitrogens with one attached hydrogen (secondary N) is 1. The zero-order valence-corrected chi connectivity index (χ0v) is 14.6. The summed E-state index contributed by atoms with van der Waals surface area (Å²) in [5, 5.41) is 11.0. The van der Waals surface area contributed by atoms with Crippen molar-refractivity contribution in [2.75, 3.05) is 14.1 Å². The van der Waals surface area contributed by atoms with Crippen LogP contribution in [0.4, 0.5) is 0 Å². The summed E-state index contributed by atoms with van der Waals surface area (Å²) in [4.78, 5) is 23.8. The number of esters is 1. The highest BCUT2D eigenvalue weighted by Gasteiger charge is 2.21. The number of carbonyl (C=O) groups is 2. The van der Waals surface area contributed by atoms with E-state index in [1.54, 1.807) is 6.07 Å². The molecule has 0 aliphatic carbocycles. The van der Waals surface area contributed by atoms with Gasteiger partial charge in [0.25, 0.3) is 5.91 Å². The van der Waals surface area contributed by atoms with E-state index in [4.69, 9.17) is 10.00 Å². The summed E-state index contributed by atoms with van der Waals surface area (Å²) in [7, 11) is -0.759. The second-order valence-electron chi connectivity index (χ2n) is 5.22. The molecule has 9 heteroatoms. The lowest BCUT2D eigenvalue weighted by atomic mass is 10.2. The molecule has 0 saturated carbocycles. The van der Waals surface area contributed by atoms with Crippen LogP contribution in [0.15, 0.2) is 29.2 Å². The van der Waals surface area contributed by atoms with Gasteiger partial charge in [0.05, 0.1) is 4.90 Å². The van der Waals surface area contributed by atoms with E-state index < -0.39 is 34.0 Å². The number of ether oxygens (including phenoxy) is 1. The molecule has 0 saturated heterocycles. The third-order valence-corrected chi connectivity index (χ3v) is 4.90. The molecule has 8 nitrogen and oxygen atoms in total. The molecule has 0 aliphatic heterocycles. The van der Waals surface area contributed by atoms with E-state index in [9.17, 15) is 18.0 Å². The van der Waals surface area contributed by atoms with Crippen LogP contribution in [0.1, 0.15) is 24.2 Å². The van der Waals surface area contributed by atoms with Crippen molar-refractivity contribution in [3.63, 3.8) is 0 Å². The first kappa shape index (κ1) is 19.6. The molecule has 1 aromatic rings. The van der Waals surface area contributed by atoms with Crippen molar-refractivity contribution >= 4 is 21.9 Å². The smallest absolute Gasteiger partial charge is 0.329 e. The Morgan fingerprint density at radius 2 is 1.75 bits per heavy atom. The van der Waals surface area contributed by atoms with Crippen LogP contribution < -0.4 is 5.32 Å². The number of hydrogen-bond acceptors (Lipinski definition) is 6. The quantitative estimate of drug-likeness (QED) is 0.745. The number of amides is 1. The normalized spacial score (nSPS) is 13.7. The summed E-state index contributed by atoms with van der Waals surface area (Å²) >= 11 is 0. The van der Waals surface area contributed by atoms with E-state index in [-0.39, 0.29) is 10.5 Å². The average molecular weight is 353 g/mol. The minimum Gasteiger partial charge on any atom is -0.446 e. The first-order valence-electron chi connectivity index (χ1n) is 7.03. The summed E-state index contributed by atoms with van der Waals surface area (Å²) in [5.74, 6) is -1.29. The molecular weight excluding hydrogens is 334 g/mol. The van der Waals surface area contributed by atoms with Crippen molar-refractivity contribution < 1.29 is 22.7 Å². The molecule has 2 atom stereocenters. The summed E-state index contributed by atoms with van der Waals surface area (Å²) < 4.78 is 29.8. The highest BCUT2D eigenvalue weighted by Crippen LogP contribution is 2.14. The van der Waals surface area contributed by atoms with Crippen molar-refractivity contribution in [1.82, 2.24) is 9.62 Å². The zero-order valence-electron chi connectivity index (χ0n) is 13.8. The fourth-order valence-corrected chi connectivity index (χ4v) is 2.53. The van der Waals surface area contributed by atoms with Crippen LogP contribution in [0.25, 0.3) is 0 Å². The molecule has 0 radical (unpaired) electrons. The molecular formula is C15H19N3O5S. The fourth-order valence-electron chi connectivity index (χ4n) is 1.63. The van der Waals surface area contributed by atoms with E-state index in [1.165, 1.54) is 52.2 Å². The predicted molar refractivity (Wildman–Crippen MR) is 85.4 cm³/mol. The Hall–Kier alpha value is -2.44. The van der Waals surface area contributed by atoms with Crippen LogP contribution in [-0.4, -0.2) is 50.8 Å². The Kier molecular flexibility index (Phi) is 6.45. The summed E-state index contributed by atoms with van der Waals surface area (Å²) in [5.41, 5.74) is 0.195. The third kappa shape index (κ3) is 4.78. The molecule has 0 bridgehead atoms. The first-order valence-corrected chi connectivity index (χ1v) is 8.47. The minimum atomic E-state index is -3.58. The minimum absolute atomic E-state index is 0.0550. The van der Waals surface area contributed by atoms with Crippen LogP contribution in [0.5, 0.6) is 0 Å². The fraction of sp³-hybridized carbons (Fsp3) is 0.400.